The van der Waals surface area contributed by atoms with Gasteiger partial charge in [-0.25, -0.2) is 0 Å². The Morgan fingerprint density at radius 2 is 2.09 bits per heavy atom. The molecule has 0 bridgehead atoms. The van der Waals surface area contributed by atoms with Crippen LogP contribution in [0.4, 0.5) is 0 Å². The number of quaternary nitrogens is 1. The third-order valence-corrected chi connectivity index (χ3v) is 3.87. The van der Waals surface area contributed by atoms with Gasteiger partial charge in [-0.1, -0.05) is 30.3 Å². The van der Waals surface area contributed by atoms with Gasteiger partial charge in [0.15, 0.2) is 12.6 Å². The van der Waals surface area contributed by atoms with Gasteiger partial charge in [0.2, 0.25) is 0 Å². The molecule has 23 heavy (non-hydrogen) atoms. The van der Waals surface area contributed by atoms with Crippen molar-refractivity contribution >= 4 is 17.8 Å². The summed E-state index contributed by atoms with van der Waals surface area (Å²) in [5, 5.41) is 5.56. The molecule has 1 saturated heterocycles. The number of carbonyl (C=O) groups is 3. The predicted octanol–water partition coefficient (Wildman–Crippen LogP) is -1.75. The van der Waals surface area contributed by atoms with Crippen LogP contribution in [0.15, 0.2) is 30.3 Å². The fourth-order valence-corrected chi connectivity index (χ4v) is 2.59. The summed E-state index contributed by atoms with van der Waals surface area (Å²) in [6.45, 7) is 1.70. The molecule has 0 radical (unpaired) electrons. The molecule has 0 aliphatic carbocycles. The van der Waals surface area contributed by atoms with Crippen LogP contribution in [-0.4, -0.2) is 50.6 Å². The van der Waals surface area contributed by atoms with Gasteiger partial charge >= 0.3 is 5.97 Å². The van der Waals surface area contributed by atoms with E-state index in [4.69, 9.17) is 0 Å². The first-order valence-electron chi connectivity index (χ1n) is 7.60. The van der Waals surface area contributed by atoms with E-state index in [0.29, 0.717) is 19.6 Å². The SMILES string of the molecule is COC(=O)C[C@@H]1C(=O)NCC[NH+]1CC(=O)NCc1ccccc1. The first-order valence-corrected chi connectivity index (χ1v) is 7.60. The third-order valence-electron chi connectivity index (χ3n) is 3.87. The molecule has 1 aromatic carbocycles. The van der Waals surface area contributed by atoms with Crippen LogP contribution in [0.25, 0.3) is 0 Å². The zero-order chi connectivity index (χ0) is 16.7. The summed E-state index contributed by atoms with van der Waals surface area (Å²) in [5.74, 6) is -0.810. The van der Waals surface area contributed by atoms with E-state index in [0.717, 1.165) is 10.5 Å². The van der Waals surface area contributed by atoms with Crippen molar-refractivity contribution in [3.05, 3.63) is 35.9 Å². The van der Waals surface area contributed by atoms with Gasteiger partial charge in [0, 0.05) is 6.54 Å². The summed E-state index contributed by atoms with van der Waals surface area (Å²) >= 11 is 0. The molecule has 1 aromatic rings. The van der Waals surface area contributed by atoms with Crippen LogP contribution in [0.1, 0.15) is 12.0 Å². The highest BCUT2D eigenvalue weighted by Crippen LogP contribution is 1.97. The average molecular weight is 320 g/mol. The van der Waals surface area contributed by atoms with E-state index < -0.39 is 12.0 Å². The highest BCUT2D eigenvalue weighted by atomic mass is 16.5. The maximum absolute atomic E-state index is 12.1. The number of rotatable bonds is 6. The molecule has 1 fully saturated rings. The lowest BCUT2D eigenvalue weighted by molar-refractivity contribution is -0.909. The lowest BCUT2D eigenvalue weighted by Gasteiger charge is -2.30. The molecule has 0 aromatic heterocycles. The van der Waals surface area contributed by atoms with Gasteiger partial charge in [0.25, 0.3) is 11.8 Å². The van der Waals surface area contributed by atoms with Crippen LogP contribution in [-0.2, 0) is 25.7 Å². The minimum atomic E-state index is -0.585. The zero-order valence-corrected chi connectivity index (χ0v) is 13.1. The second-order valence-electron chi connectivity index (χ2n) is 5.47. The Bertz CT molecular complexity index is 562. The predicted molar refractivity (Wildman–Crippen MR) is 82.4 cm³/mol. The number of ether oxygens (including phenoxy) is 1. The molecule has 1 unspecified atom stereocenters. The van der Waals surface area contributed by atoms with Crippen molar-refractivity contribution in [1.29, 1.82) is 0 Å². The van der Waals surface area contributed by atoms with Crippen molar-refractivity contribution in [2.75, 3.05) is 26.7 Å². The van der Waals surface area contributed by atoms with Crippen LogP contribution in [0, 0.1) is 0 Å². The molecule has 1 aliphatic rings. The summed E-state index contributed by atoms with van der Waals surface area (Å²) < 4.78 is 4.63. The molecule has 2 amide bonds. The van der Waals surface area contributed by atoms with E-state index in [1.54, 1.807) is 0 Å². The van der Waals surface area contributed by atoms with Gasteiger partial charge in [-0.2, -0.15) is 0 Å². The second-order valence-corrected chi connectivity index (χ2v) is 5.47. The maximum atomic E-state index is 12.1. The molecular formula is C16H22N3O4+. The molecule has 2 rings (SSSR count). The monoisotopic (exact) mass is 320 g/mol. The molecule has 0 spiro atoms. The molecular weight excluding hydrogens is 298 g/mol. The number of amides is 2. The lowest BCUT2D eigenvalue weighted by Crippen LogP contribution is -3.20. The summed E-state index contributed by atoms with van der Waals surface area (Å²) in [4.78, 5) is 36.3. The third kappa shape index (κ3) is 5.07. The zero-order valence-electron chi connectivity index (χ0n) is 13.1. The number of methoxy groups -OCH3 is 1. The van der Waals surface area contributed by atoms with E-state index in [-0.39, 0.29) is 24.8 Å². The van der Waals surface area contributed by atoms with E-state index in [9.17, 15) is 14.4 Å². The summed E-state index contributed by atoms with van der Waals surface area (Å²) in [6, 6.07) is 9.02. The van der Waals surface area contributed by atoms with Crippen molar-refractivity contribution in [3.8, 4) is 0 Å². The minimum absolute atomic E-state index is 0.0242. The smallest absolute Gasteiger partial charge is 0.312 e. The maximum Gasteiger partial charge on any atom is 0.312 e. The van der Waals surface area contributed by atoms with Gasteiger partial charge in [-0.15, -0.1) is 0 Å². The number of hydrogen-bond donors (Lipinski definition) is 3. The van der Waals surface area contributed by atoms with Crippen LogP contribution in [0.2, 0.25) is 0 Å². The average Bonchev–Trinajstić information content (AvgIpc) is 2.57. The fraction of sp³-hybridized carbons (Fsp3) is 0.438. The van der Waals surface area contributed by atoms with Gasteiger partial charge < -0.3 is 20.3 Å². The number of hydrogen-bond acceptors (Lipinski definition) is 4. The standard InChI is InChI=1S/C16H21N3O4/c1-23-15(21)9-13-16(22)17-7-8-19(13)11-14(20)18-10-12-5-3-2-4-6-12/h2-6,13H,7-11H2,1H3,(H,17,22)(H,18,20)/p+1/t13-/m1/s1. The number of carbonyl (C=O) groups excluding carboxylic acids is 3. The van der Waals surface area contributed by atoms with E-state index in [1.165, 1.54) is 7.11 Å². The Hall–Kier alpha value is -2.41. The molecule has 124 valence electrons. The highest BCUT2D eigenvalue weighted by Gasteiger charge is 2.36. The van der Waals surface area contributed by atoms with Crippen LogP contribution in [0.3, 0.4) is 0 Å². The molecule has 0 saturated carbocycles. The number of piperazine rings is 1. The van der Waals surface area contributed by atoms with Crippen molar-refractivity contribution in [3.63, 3.8) is 0 Å². The Balaban J connectivity index is 1.89. The summed E-state index contributed by atoms with van der Waals surface area (Å²) in [5.41, 5.74) is 1.01. The first-order chi connectivity index (χ1) is 11.1. The van der Waals surface area contributed by atoms with Crippen molar-refractivity contribution in [2.45, 2.75) is 19.0 Å². The first kappa shape index (κ1) is 17.0. The Labute approximate surface area is 135 Å². The largest absolute Gasteiger partial charge is 0.469 e. The van der Waals surface area contributed by atoms with Gasteiger partial charge in [0.1, 0.15) is 6.42 Å². The Morgan fingerprint density at radius 3 is 2.78 bits per heavy atom. The minimum Gasteiger partial charge on any atom is -0.469 e. The fourth-order valence-electron chi connectivity index (χ4n) is 2.59. The molecule has 1 aliphatic heterocycles. The van der Waals surface area contributed by atoms with Gasteiger partial charge in [0.05, 0.1) is 20.2 Å². The lowest BCUT2D eigenvalue weighted by atomic mass is 10.1. The van der Waals surface area contributed by atoms with Crippen molar-refractivity contribution < 1.29 is 24.0 Å². The molecule has 2 atom stereocenters. The molecule has 7 nitrogen and oxygen atoms in total. The highest BCUT2D eigenvalue weighted by molar-refractivity contribution is 5.86. The normalized spacial score (nSPS) is 20.5. The van der Waals surface area contributed by atoms with Crippen LogP contribution >= 0.6 is 0 Å². The summed E-state index contributed by atoms with van der Waals surface area (Å²) in [7, 11) is 1.29. The van der Waals surface area contributed by atoms with Crippen LogP contribution in [0.5, 0.6) is 0 Å². The Morgan fingerprint density at radius 1 is 1.35 bits per heavy atom. The van der Waals surface area contributed by atoms with Crippen molar-refractivity contribution in [2.24, 2.45) is 0 Å². The Kier molecular flexibility index (Phi) is 6.10. The number of benzene rings is 1. The summed E-state index contributed by atoms with van der Waals surface area (Å²) in [6.07, 6.45) is -0.0242. The quantitative estimate of drug-likeness (QED) is 0.542. The van der Waals surface area contributed by atoms with Gasteiger partial charge in [-0.3, -0.25) is 14.4 Å². The molecule has 7 heteroatoms. The molecule has 3 N–H and O–H groups in total. The van der Waals surface area contributed by atoms with Crippen molar-refractivity contribution in [1.82, 2.24) is 10.6 Å². The second kappa shape index (κ2) is 8.28. The van der Waals surface area contributed by atoms with E-state index in [2.05, 4.69) is 15.4 Å². The van der Waals surface area contributed by atoms with Gasteiger partial charge in [-0.05, 0) is 5.56 Å². The topological polar surface area (TPSA) is 88.9 Å². The van der Waals surface area contributed by atoms with E-state index in [1.807, 2.05) is 30.3 Å². The number of nitrogens with one attached hydrogen (secondary N) is 3. The van der Waals surface area contributed by atoms with E-state index >= 15 is 0 Å². The number of esters is 1. The molecule has 1 heterocycles. The van der Waals surface area contributed by atoms with Crippen LogP contribution < -0.4 is 15.5 Å².